The summed E-state index contributed by atoms with van der Waals surface area (Å²) in [6.07, 6.45) is 0. The number of hydrogen-bond acceptors (Lipinski definition) is 6. The number of carbonyl (C=O) groups is 2. The second-order valence-electron chi connectivity index (χ2n) is 11.2. The predicted octanol–water partition coefficient (Wildman–Crippen LogP) is 6.31. The number of imidazole rings is 1. The van der Waals surface area contributed by atoms with Gasteiger partial charge in [0.2, 0.25) is 5.95 Å². The molecule has 212 valence electrons. The summed E-state index contributed by atoms with van der Waals surface area (Å²) in [5, 5.41) is 11.8. The summed E-state index contributed by atoms with van der Waals surface area (Å²) >= 11 is 0. The fourth-order valence-corrected chi connectivity index (χ4v) is 5.42. The minimum absolute atomic E-state index is 0.0170. The molecule has 8 nitrogen and oxygen atoms in total. The average Bonchev–Trinajstić information content (AvgIpc) is 3.45. The van der Waals surface area contributed by atoms with Crippen molar-refractivity contribution in [2.45, 2.75) is 46.6 Å². The Morgan fingerprint density at radius 2 is 1.66 bits per heavy atom. The average molecular weight is 553 g/mol. The number of rotatable bonds is 6. The Hall–Kier alpha value is -4.59. The lowest BCUT2D eigenvalue weighted by Gasteiger charge is -2.24. The normalized spacial score (nSPS) is 16.7. The maximum atomic E-state index is 13.8. The van der Waals surface area contributed by atoms with E-state index in [4.69, 9.17) is 9.72 Å². The molecule has 0 spiro atoms. The van der Waals surface area contributed by atoms with Gasteiger partial charge in [0.1, 0.15) is 11.5 Å². The molecule has 1 aromatic heterocycles. The number of ether oxygens (including phenoxy) is 1. The molecular formula is C33H36N4O4. The predicted molar refractivity (Wildman–Crippen MR) is 163 cm³/mol. The third-order valence-electron chi connectivity index (χ3n) is 7.94. The number of ketones is 1. The van der Waals surface area contributed by atoms with Crippen LogP contribution in [0, 0.1) is 20.8 Å². The van der Waals surface area contributed by atoms with Crippen molar-refractivity contribution < 1.29 is 19.4 Å². The molecule has 1 atom stereocenters. The largest absolute Gasteiger partial charge is 0.507 e. The molecular weight excluding hydrogens is 516 g/mol. The van der Waals surface area contributed by atoms with E-state index >= 15 is 0 Å². The monoisotopic (exact) mass is 552 g/mol. The highest BCUT2D eigenvalue weighted by molar-refractivity contribution is 6.51. The van der Waals surface area contributed by atoms with E-state index in [1.54, 1.807) is 7.11 Å². The minimum Gasteiger partial charge on any atom is -0.507 e. The first-order valence-corrected chi connectivity index (χ1v) is 13.7. The van der Waals surface area contributed by atoms with Gasteiger partial charge in [-0.15, -0.1) is 0 Å². The standard InChI is InChI=1S/C33H36N4O4/c1-17(2)23-16-24(20(5)15-27(23)41-8)30(38)28-29(21-9-11-22(12-10-21)36(6)7)37(32(40)31(28)39)33-34-25-13-18(3)19(4)14-26(25)35-33/h9-17,29,38H,1-8H3,(H,34,35)/b30-28+. The van der Waals surface area contributed by atoms with E-state index in [1.165, 1.54) is 4.90 Å². The van der Waals surface area contributed by atoms with Gasteiger partial charge < -0.3 is 19.7 Å². The van der Waals surface area contributed by atoms with Crippen LogP contribution in [-0.4, -0.2) is 48.0 Å². The number of fused-ring (bicyclic) bond motifs is 1. The first-order valence-electron chi connectivity index (χ1n) is 13.7. The van der Waals surface area contributed by atoms with Crippen molar-refractivity contribution in [1.29, 1.82) is 0 Å². The number of anilines is 2. The molecule has 1 saturated heterocycles. The van der Waals surface area contributed by atoms with E-state index in [1.807, 2.05) is 102 Å². The summed E-state index contributed by atoms with van der Waals surface area (Å²) < 4.78 is 5.58. The molecule has 2 heterocycles. The molecule has 1 unspecified atom stereocenters. The van der Waals surface area contributed by atoms with Crippen LogP contribution in [0.25, 0.3) is 16.8 Å². The summed E-state index contributed by atoms with van der Waals surface area (Å²) in [6, 6.07) is 14.4. The van der Waals surface area contributed by atoms with Gasteiger partial charge in [-0.1, -0.05) is 26.0 Å². The molecule has 1 fully saturated rings. The summed E-state index contributed by atoms with van der Waals surface area (Å²) in [4.78, 5) is 38.8. The van der Waals surface area contributed by atoms with Gasteiger partial charge in [0.15, 0.2) is 0 Å². The molecule has 8 heteroatoms. The van der Waals surface area contributed by atoms with Crippen molar-refractivity contribution in [3.8, 4) is 5.75 Å². The first kappa shape index (κ1) is 28.0. The fourth-order valence-electron chi connectivity index (χ4n) is 5.42. The third kappa shape index (κ3) is 4.73. The number of nitrogens with one attached hydrogen (secondary N) is 1. The van der Waals surface area contributed by atoms with Crippen LogP contribution in [0.2, 0.25) is 0 Å². The fraction of sp³-hybridized carbons (Fsp3) is 0.303. The number of carbonyl (C=O) groups excluding carboxylic acids is 2. The minimum atomic E-state index is -0.891. The van der Waals surface area contributed by atoms with E-state index in [9.17, 15) is 14.7 Å². The second-order valence-corrected chi connectivity index (χ2v) is 11.2. The number of aromatic amines is 1. The number of aromatic nitrogens is 2. The number of aliphatic hydroxyl groups excluding tert-OH is 1. The van der Waals surface area contributed by atoms with Gasteiger partial charge in [-0.3, -0.25) is 14.5 Å². The van der Waals surface area contributed by atoms with Crippen molar-refractivity contribution >= 4 is 40.1 Å². The number of H-pyrrole nitrogens is 1. The van der Waals surface area contributed by atoms with Gasteiger partial charge in [-0.05, 0) is 90.9 Å². The quantitative estimate of drug-likeness (QED) is 0.165. The number of methoxy groups -OCH3 is 1. The smallest absolute Gasteiger partial charge is 0.302 e. The van der Waals surface area contributed by atoms with E-state index in [-0.39, 0.29) is 23.2 Å². The molecule has 1 aliphatic rings. The summed E-state index contributed by atoms with van der Waals surface area (Å²) in [5.74, 6) is -0.677. The molecule has 2 N–H and O–H groups in total. The van der Waals surface area contributed by atoms with Gasteiger partial charge in [0.05, 0.1) is 29.8 Å². The summed E-state index contributed by atoms with van der Waals surface area (Å²) in [5.41, 5.74) is 7.38. The van der Waals surface area contributed by atoms with Gasteiger partial charge in [-0.2, -0.15) is 0 Å². The van der Waals surface area contributed by atoms with Gasteiger partial charge in [0, 0.05) is 25.3 Å². The Morgan fingerprint density at radius 1 is 1.00 bits per heavy atom. The maximum Gasteiger partial charge on any atom is 0.302 e. The SMILES string of the molecule is COc1cc(C)c(/C(O)=C2\C(=O)C(=O)N(c3nc4cc(C)c(C)cc4[nH]3)C2c2ccc(N(C)C)cc2)cc1C(C)C. The highest BCUT2D eigenvalue weighted by Gasteiger charge is 2.48. The van der Waals surface area contributed by atoms with Crippen LogP contribution < -0.4 is 14.5 Å². The zero-order valence-corrected chi connectivity index (χ0v) is 24.8. The van der Waals surface area contributed by atoms with E-state index < -0.39 is 17.7 Å². The number of Topliss-reactive ketones (excluding diaryl/α,β-unsaturated/α-hetero) is 1. The molecule has 5 rings (SSSR count). The van der Waals surface area contributed by atoms with Crippen molar-refractivity contribution in [2.75, 3.05) is 31.0 Å². The Morgan fingerprint density at radius 3 is 2.27 bits per heavy atom. The maximum absolute atomic E-state index is 13.8. The van der Waals surface area contributed by atoms with Crippen LogP contribution in [0.4, 0.5) is 11.6 Å². The summed E-state index contributed by atoms with van der Waals surface area (Å²) in [6.45, 7) is 9.93. The van der Waals surface area contributed by atoms with Crippen LogP contribution in [0.5, 0.6) is 5.75 Å². The van der Waals surface area contributed by atoms with E-state index in [0.717, 1.165) is 33.5 Å². The zero-order valence-electron chi connectivity index (χ0n) is 24.8. The number of nitrogens with zero attached hydrogens (tertiary/aromatic N) is 3. The molecule has 1 amide bonds. The second kappa shape index (κ2) is 10.4. The number of hydrogen-bond donors (Lipinski definition) is 2. The molecule has 0 aliphatic carbocycles. The van der Waals surface area contributed by atoms with Gasteiger partial charge in [0.25, 0.3) is 5.78 Å². The van der Waals surface area contributed by atoms with Crippen LogP contribution in [0.3, 0.4) is 0 Å². The van der Waals surface area contributed by atoms with Crippen molar-refractivity contribution in [2.24, 2.45) is 0 Å². The molecule has 3 aromatic carbocycles. The van der Waals surface area contributed by atoms with Crippen LogP contribution in [0.15, 0.2) is 54.1 Å². The van der Waals surface area contributed by atoms with Crippen molar-refractivity contribution in [3.63, 3.8) is 0 Å². The van der Waals surface area contributed by atoms with E-state index in [2.05, 4.69) is 4.98 Å². The van der Waals surface area contributed by atoms with Crippen molar-refractivity contribution in [1.82, 2.24) is 9.97 Å². The molecule has 4 aromatic rings. The number of amides is 1. The van der Waals surface area contributed by atoms with Crippen LogP contribution >= 0.6 is 0 Å². The molecule has 0 saturated carbocycles. The lowest BCUT2D eigenvalue weighted by molar-refractivity contribution is -0.132. The number of aliphatic hydroxyl groups is 1. The molecule has 1 aliphatic heterocycles. The Balaban J connectivity index is 1.75. The number of benzene rings is 3. The first-order chi connectivity index (χ1) is 19.4. The van der Waals surface area contributed by atoms with Crippen LogP contribution in [0.1, 0.15) is 59.2 Å². The Labute approximate surface area is 240 Å². The Kier molecular flexibility index (Phi) is 7.11. The number of aryl methyl sites for hydroxylation is 3. The molecule has 0 radical (unpaired) electrons. The van der Waals surface area contributed by atoms with Gasteiger partial charge >= 0.3 is 5.91 Å². The zero-order chi connectivity index (χ0) is 29.7. The molecule has 0 bridgehead atoms. The lowest BCUT2D eigenvalue weighted by atomic mass is 9.91. The van der Waals surface area contributed by atoms with Gasteiger partial charge in [-0.25, -0.2) is 4.98 Å². The van der Waals surface area contributed by atoms with E-state index in [0.29, 0.717) is 22.4 Å². The highest BCUT2D eigenvalue weighted by atomic mass is 16.5. The topological polar surface area (TPSA) is 98.8 Å². The summed E-state index contributed by atoms with van der Waals surface area (Å²) in [7, 11) is 5.50. The lowest BCUT2D eigenvalue weighted by Crippen LogP contribution is -2.30. The highest BCUT2D eigenvalue weighted by Crippen LogP contribution is 2.43. The van der Waals surface area contributed by atoms with Crippen LogP contribution in [-0.2, 0) is 9.59 Å². The van der Waals surface area contributed by atoms with Crippen molar-refractivity contribution in [3.05, 3.63) is 87.5 Å². The Bertz CT molecular complexity index is 1670. The molecule has 41 heavy (non-hydrogen) atoms. The third-order valence-corrected chi connectivity index (χ3v) is 7.94.